The maximum Gasteiger partial charge on any atom is 0.0630 e. The van der Waals surface area contributed by atoms with Crippen LogP contribution in [0.2, 0.25) is 0 Å². The number of fused-ring (bicyclic) bond motifs is 5. The molecule has 3 N–H and O–H groups in total. The van der Waals surface area contributed by atoms with Gasteiger partial charge in [-0.15, -0.1) is 0 Å². The minimum Gasteiger partial charge on any atom is -0.361 e. The van der Waals surface area contributed by atoms with Gasteiger partial charge in [-0.05, 0) is 82.0 Å². The fraction of sp³-hybridized carbons (Fsp3) is 0.0185. The number of rotatable bonds is 8. The van der Waals surface area contributed by atoms with E-state index in [9.17, 15) is 0 Å². The van der Waals surface area contributed by atoms with E-state index in [0.29, 0.717) is 0 Å². The number of para-hydroxylation sites is 1. The van der Waals surface area contributed by atoms with Gasteiger partial charge in [-0.1, -0.05) is 170 Å². The van der Waals surface area contributed by atoms with Gasteiger partial charge < -0.3 is 15.6 Å². The second kappa shape index (κ2) is 16.3. The first-order valence-electron chi connectivity index (χ1n) is 19.6. The normalized spacial score (nSPS) is 11.7. The monoisotopic (exact) mass is 746 g/mol. The van der Waals surface area contributed by atoms with Gasteiger partial charge in [0.05, 0.1) is 22.4 Å². The van der Waals surface area contributed by atoms with Crippen LogP contribution >= 0.6 is 0 Å². The van der Waals surface area contributed by atoms with E-state index in [1.807, 2.05) is 18.5 Å². The maximum atomic E-state index is 4.95. The molecule has 0 aliphatic heterocycles. The molecule has 0 fully saturated rings. The van der Waals surface area contributed by atoms with Crippen molar-refractivity contribution in [1.82, 2.24) is 4.57 Å². The molecule has 4 heteroatoms. The number of nitrogens with two attached hydrogens (primary N) is 1. The predicted molar refractivity (Wildman–Crippen MR) is 249 cm³/mol. The molecule has 0 saturated carbocycles. The smallest absolute Gasteiger partial charge is 0.0630 e. The number of nitrogens with zero attached hydrogens (tertiary/aromatic N) is 2. The highest BCUT2D eigenvalue weighted by molar-refractivity contribution is 6.12. The first-order chi connectivity index (χ1) is 28.8. The van der Waals surface area contributed by atoms with Crippen molar-refractivity contribution in [3.8, 4) is 27.9 Å². The highest BCUT2D eigenvalue weighted by Crippen LogP contribution is 2.39. The maximum absolute atomic E-state index is 4.95. The summed E-state index contributed by atoms with van der Waals surface area (Å²) in [4.78, 5) is 4.95. The number of hydrogen-bond acceptors (Lipinski definition) is 3. The second-order valence-corrected chi connectivity index (χ2v) is 14.1. The summed E-state index contributed by atoms with van der Waals surface area (Å²) in [7, 11) is 1.50. The zero-order valence-corrected chi connectivity index (χ0v) is 32.3. The fourth-order valence-corrected chi connectivity index (χ4v) is 7.99. The van der Waals surface area contributed by atoms with Crippen molar-refractivity contribution >= 4 is 66.5 Å². The van der Waals surface area contributed by atoms with Crippen molar-refractivity contribution in [2.75, 3.05) is 12.4 Å². The van der Waals surface area contributed by atoms with Gasteiger partial charge in [0, 0.05) is 45.2 Å². The Hall–Kier alpha value is -7.53. The van der Waals surface area contributed by atoms with E-state index in [2.05, 4.69) is 216 Å². The molecule has 0 bridgehead atoms. The second-order valence-electron chi connectivity index (χ2n) is 14.1. The zero-order chi connectivity index (χ0) is 39.3. The molecule has 0 aliphatic carbocycles. The van der Waals surface area contributed by atoms with E-state index in [1.54, 1.807) is 0 Å². The fourth-order valence-electron chi connectivity index (χ4n) is 7.99. The van der Waals surface area contributed by atoms with Crippen LogP contribution in [0.4, 0.5) is 11.4 Å². The first-order valence-corrected chi connectivity index (χ1v) is 19.6. The molecular formula is C54H42N4. The summed E-state index contributed by atoms with van der Waals surface area (Å²) in [6.45, 7) is 0. The number of allylic oxidation sites excluding steroid dienone is 1. The van der Waals surface area contributed by atoms with Crippen molar-refractivity contribution in [2.24, 2.45) is 10.7 Å². The molecule has 0 amide bonds. The molecule has 278 valence electrons. The molecule has 10 rings (SSSR count). The summed E-state index contributed by atoms with van der Waals surface area (Å²) in [6.07, 6.45) is 3.99. The Kier molecular flexibility index (Phi) is 10.1. The van der Waals surface area contributed by atoms with Gasteiger partial charge in [-0.25, -0.2) is 0 Å². The van der Waals surface area contributed by atoms with E-state index < -0.39 is 0 Å². The largest absolute Gasteiger partial charge is 0.361 e. The molecule has 58 heavy (non-hydrogen) atoms. The average Bonchev–Trinajstić information content (AvgIpc) is 3.63. The highest BCUT2D eigenvalue weighted by atomic mass is 15.0. The van der Waals surface area contributed by atoms with Gasteiger partial charge in [-0.2, -0.15) is 0 Å². The molecule has 1 aromatic heterocycles. The van der Waals surface area contributed by atoms with Gasteiger partial charge in [0.2, 0.25) is 0 Å². The molecule has 0 spiro atoms. The number of nitrogens with one attached hydrogen (secondary N) is 1. The predicted octanol–water partition coefficient (Wildman–Crippen LogP) is 13.9. The van der Waals surface area contributed by atoms with Crippen molar-refractivity contribution in [3.63, 3.8) is 0 Å². The van der Waals surface area contributed by atoms with E-state index >= 15 is 0 Å². The lowest BCUT2D eigenvalue weighted by atomic mass is 9.94. The quantitative estimate of drug-likeness (QED) is 0.152. The Morgan fingerprint density at radius 2 is 1.05 bits per heavy atom. The Bertz CT molecular complexity index is 3090. The SMILES string of the molecule is C(=Nc1ccc(-c2ccccc2-c2ccc3c4ccccc4n(-c4cccc5ccccc45)c3c2)cc1)/C(=C\Nc1cccc2ccccc12)c1ccccc1.CN. The number of benzene rings is 9. The van der Waals surface area contributed by atoms with E-state index in [-0.39, 0.29) is 0 Å². The lowest BCUT2D eigenvalue weighted by molar-refractivity contribution is 1.20. The Morgan fingerprint density at radius 1 is 0.483 bits per heavy atom. The van der Waals surface area contributed by atoms with Crippen LogP contribution in [0.1, 0.15) is 5.56 Å². The van der Waals surface area contributed by atoms with Crippen molar-refractivity contribution < 1.29 is 0 Å². The van der Waals surface area contributed by atoms with E-state index in [0.717, 1.165) is 28.1 Å². The molecule has 0 unspecified atom stereocenters. The Labute approximate surface area is 338 Å². The lowest BCUT2D eigenvalue weighted by Gasteiger charge is -2.14. The summed E-state index contributed by atoms with van der Waals surface area (Å²) in [5, 5.41) is 10.9. The molecule has 0 aliphatic rings. The standard InChI is InChI=1S/C53H37N3.CH5N/c1-2-14-37(15-3-1)42(36-55-50-25-12-18-38-16-4-6-22-46(38)50)35-54-43-31-28-40(29-32-43)44-20-8-9-21-45(44)41-30-33-49-48-24-10-11-26-52(48)56(53(49)34-41)51-27-13-19-39-17-5-7-23-47(39)51;1-2/h1-36,55H;2H2,1H3/b42-36+,54-35?;. The zero-order valence-electron chi connectivity index (χ0n) is 32.3. The minimum atomic E-state index is 0.888. The minimum absolute atomic E-state index is 0.888. The van der Waals surface area contributed by atoms with Crippen molar-refractivity contribution in [3.05, 3.63) is 218 Å². The number of aromatic nitrogens is 1. The van der Waals surface area contributed by atoms with Crippen molar-refractivity contribution in [2.45, 2.75) is 0 Å². The molecule has 1 heterocycles. The highest BCUT2D eigenvalue weighted by Gasteiger charge is 2.16. The van der Waals surface area contributed by atoms with Crippen LogP contribution in [-0.2, 0) is 0 Å². The molecule has 9 aromatic carbocycles. The van der Waals surface area contributed by atoms with Crippen LogP contribution in [0.15, 0.2) is 217 Å². The molecule has 0 saturated heterocycles. The average molecular weight is 747 g/mol. The van der Waals surface area contributed by atoms with Gasteiger partial charge in [0.1, 0.15) is 0 Å². The van der Waals surface area contributed by atoms with Crippen LogP contribution in [-0.4, -0.2) is 17.8 Å². The van der Waals surface area contributed by atoms with E-state index in [4.69, 9.17) is 4.99 Å². The topological polar surface area (TPSA) is 55.3 Å². The van der Waals surface area contributed by atoms with Crippen molar-refractivity contribution in [1.29, 1.82) is 0 Å². The number of anilines is 1. The van der Waals surface area contributed by atoms with Gasteiger partial charge in [0.25, 0.3) is 0 Å². The van der Waals surface area contributed by atoms with Gasteiger partial charge in [0.15, 0.2) is 0 Å². The Balaban J connectivity index is 0.00000215. The summed E-state index contributed by atoms with van der Waals surface area (Å²) < 4.78 is 2.43. The van der Waals surface area contributed by atoms with Crippen LogP contribution < -0.4 is 11.1 Å². The number of aliphatic imine (C=N–C) groups is 1. The first kappa shape index (κ1) is 36.1. The molecular weight excluding hydrogens is 705 g/mol. The summed E-state index contributed by atoms with van der Waals surface area (Å²) in [6, 6.07) is 73.3. The summed E-state index contributed by atoms with van der Waals surface area (Å²) in [5.41, 5.74) is 16.8. The molecule has 10 aromatic rings. The molecule has 0 atom stereocenters. The molecule has 0 radical (unpaired) electrons. The summed E-state index contributed by atoms with van der Waals surface area (Å²) >= 11 is 0. The van der Waals surface area contributed by atoms with Crippen LogP contribution in [0.5, 0.6) is 0 Å². The van der Waals surface area contributed by atoms with Gasteiger partial charge in [-0.3, -0.25) is 4.99 Å². The van der Waals surface area contributed by atoms with Crippen LogP contribution in [0, 0.1) is 0 Å². The van der Waals surface area contributed by atoms with Crippen LogP contribution in [0.25, 0.3) is 76.9 Å². The third-order valence-corrected chi connectivity index (χ3v) is 10.7. The molecule has 4 nitrogen and oxygen atoms in total. The van der Waals surface area contributed by atoms with Gasteiger partial charge >= 0.3 is 0 Å². The third-order valence-electron chi connectivity index (χ3n) is 10.7. The Morgan fingerprint density at radius 3 is 1.83 bits per heavy atom. The number of hydrogen-bond donors (Lipinski definition) is 2. The van der Waals surface area contributed by atoms with Crippen LogP contribution in [0.3, 0.4) is 0 Å². The summed E-state index contributed by atoms with van der Waals surface area (Å²) in [5.74, 6) is 0. The third kappa shape index (κ3) is 6.94. The lowest BCUT2D eigenvalue weighted by Crippen LogP contribution is -1.95. The van der Waals surface area contributed by atoms with E-state index in [1.165, 1.54) is 72.8 Å².